The molecule has 0 aliphatic carbocycles. The van der Waals surface area contributed by atoms with Gasteiger partial charge < -0.3 is 14.4 Å². The smallest absolute Gasteiger partial charge is 0.250 e. The highest BCUT2D eigenvalue weighted by Gasteiger charge is 2.25. The van der Waals surface area contributed by atoms with Crippen LogP contribution >= 0.6 is 0 Å². The summed E-state index contributed by atoms with van der Waals surface area (Å²) in [6, 6.07) is 5.79. The number of rotatable bonds is 5. The Bertz CT molecular complexity index is 1160. The number of hydrogen-bond acceptors (Lipinski definition) is 7. The molecular formula is C25H31FN6O2. The normalized spacial score (nSPS) is 18.4. The van der Waals surface area contributed by atoms with E-state index in [1.54, 1.807) is 10.9 Å². The Balaban J connectivity index is 1.53. The average molecular weight is 467 g/mol. The number of nitrogens with zero attached hydrogens (tertiary/aromatic N) is 6. The van der Waals surface area contributed by atoms with E-state index in [4.69, 9.17) is 19.6 Å². The third kappa shape index (κ3) is 4.43. The summed E-state index contributed by atoms with van der Waals surface area (Å²) in [5.41, 5.74) is 5.69. The minimum Gasteiger partial charge on any atom is -0.479 e. The number of halogens is 1. The van der Waals surface area contributed by atoms with E-state index >= 15 is 0 Å². The number of pyridine rings is 2. The largest absolute Gasteiger partial charge is 0.479 e. The molecule has 0 spiro atoms. The van der Waals surface area contributed by atoms with Crippen molar-refractivity contribution in [3.05, 3.63) is 53.4 Å². The molecule has 0 aromatic carbocycles. The van der Waals surface area contributed by atoms with Crippen molar-refractivity contribution in [2.75, 3.05) is 53.6 Å². The highest BCUT2D eigenvalue weighted by atomic mass is 19.1. The molecule has 1 saturated heterocycles. The molecule has 3 aromatic heterocycles. The SMILES string of the molecule is COc1ncc(-n2nc(-c3ccnc([C@H](C)N4CCN(C)CC4)c3)c3c2CCOCC3)cc1F. The second-order valence-electron chi connectivity index (χ2n) is 8.97. The number of likely N-dealkylation sites (N-methyl/N-ethyl adjacent to an activating group) is 1. The minimum atomic E-state index is -0.511. The third-order valence-corrected chi connectivity index (χ3v) is 6.87. The van der Waals surface area contributed by atoms with Crippen LogP contribution in [0.25, 0.3) is 16.9 Å². The zero-order valence-corrected chi connectivity index (χ0v) is 20.0. The Hall–Kier alpha value is -2.88. The number of hydrogen-bond donors (Lipinski definition) is 0. The lowest BCUT2D eigenvalue weighted by molar-refractivity contribution is 0.117. The fraction of sp³-hybridized carbons (Fsp3) is 0.480. The van der Waals surface area contributed by atoms with Crippen LogP contribution in [-0.2, 0) is 17.6 Å². The maximum Gasteiger partial charge on any atom is 0.250 e. The topological polar surface area (TPSA) is 68.5 Å². The summed E-state index contributed by atoms with van der Waals surface area (Å²) in [7, 11) is 3.57. The Labute approximate surface area is 199 Å². The fourth-order valence-electron chi connectivity index (χ4n) is 4.80. The van der Waals surface area contributed by atoms with E-state index in [1.807, 2.05) is 12.3 Å². The Kier molecular flexibility index (Phi) is 6.58. The lowest BCUT2D eigenvalue weighted by Crippen LogP contribution is -2.45. The van der Waals surface area contributed by atoms with E-state index in [-0.39, 0.29) is 11.9 Å². The summed E-state index contributed by atoms with van der Waals surface area (Å²) in [5.74, 6) is -0.537. The standard InChI is InChI=1S/C25H31FN6O2/c1-17(31-10-8-30(2)9-11-31)22-14-18(4-7-27-22)24-20-5-12-34-13-6-23(20)32(29-24)19-15-21(26)25(33-3)28-16-19/h4,7,14-17H,5-6,8-13H2,1-3H3/t17-/m0/s1. The van der Waals surface area contributed by atoms with Crippen molar-refractivity contribution in [3.8, 4) is 22.8 Å². The van der Waals surface area contributed by atoms with Crippen LogP contribution in [0.2, 0.25) is 0 Å². The van der Waals surface area contributed by atoms with Crippen LogP contribution in [0.5, 0.6) is 5.88 Å². The van der Waals surface area contributed by atoms with Gasteiger partial charge in [-0.1, -0.05) is 0 Å². The predicted octanol–water partition coefficient (Wildman–Crippen LogP) is 2.90. The van der Waals surface area contributed by atoms with Crippen LogP contribution in [0.4, 0.5) is 4.39 Å². The average Bonchev–Trinajstić information content (AvgIpc) is 3.04. The number of ether oxygens (including phenoxy) is 2. The van der Waals surface area contributed by atoms with Crippen molar-refractivity contribution in [2.45, 2.75) is 25.8 Å². The molecule has 8 nitrogen and oxygen atoms in total. The van der Waals surface area contributed by atoms with E-state index in [9.17, 15) is 4.39 Å². The second-order valence-corrected chi connectivity index (χ2v) is 8.97. The van der Waals surface area contributed by atoms with Gasteiger partial charge in [0.15, 0.2) is 5.82 Å². The van der Waals surface area contributed by atoms with Gasteiger partial charge in [0.25, 0.3) is 0 Å². The van der Waals surface area contributed by atoms with Gasteiger partial charge in [-0.05, 0) is 32.5 Å². The van der Waals surface area contributed by atoms with E-state index in [2.05, 4.69) is 34.8 Å². The highest BCUT2D eigenvalue weighted by Crippen LogP contribution is 2.32. The molecule has 180 valence electrons. The van der Waals surface area contributed by atoms with E-state index in [0.29, 0.717) is 25.3 Å². The first-order valence-electron chi connectivity index (χ1n) is 11.8. The molecule has 5 rings (SSSR count). The summed E-state index contributed by atoms with van der Waals surface area (Å²) in [5, 5.41) is 4.96. The molecule has 1 fully saturated rings. The highest BCUT2D eigenvalue weighted by molar-refractivity contribution is 5.65. The van der Waals surface area contributed by atoms with E-state index in [0.717, 1.165) is 60.8 Å². The van der Waals surface area contributed by atoms with Crippen molar-refractivity contribution in [1.82, 2.24) is 29.5 Å². The second kappa shape index (κ2) is 9.77. The van der Waals surface area contributed by atoms with Crippen LogP contribution < -0.4 is 4.74 Å². The van der Waals surface area contributed by atoms with Gasteiger partial charge in [0.1, 0.15) is 0 Å². The summed E-state index contributed by atoms with van der Waals surface area (Å²) in [6.07, 6.45) is 4.91. The summed E-state index contributed by atoms with van der Waals surface area (Å²) < 4.78 is 27.0. The maximum absolute atomic E-state index is 14.5. The van der Waals surface area contributed by atoms with Gasteiger partial charge in [0.2, 0.25) is 5.88 Å². The molecule has 1 atom stereocenters. The molecule has 0 saturated carbocycles. The predicted molar refractivity (Wildman–Crippen MR) is 127 cm³/mol. The lowest BCUT2D eigenvalue weighted by atomic mass is 10.0. The van der Waals surface area contributed by atoms with Crippen molar-refractivity contribution >= 4 is 0 Å². The summed E-state index contributed by atoms with van der Waals surface area (Å²) >= 11 is 0. The van der Waals surface area contributed by atoms with Crippen LogP contribution in [0.3, 0.4) is 0 Å². The van der Waals surface area contributed by atoms with Crippen molar-refractivity contribution in [3.63, 3.8) is 0 Å². The van der Waals surface area contributed by atoms with E-state index < -0.39 is 5.82 Å². The number of piperazine rings is 1. The van der Waals surface area contributed by atoms with Crippen LogP contribution in [0, 0.1) is 5.82 Å². The molecule has 0 bridgehead atoms. The van der Waals surface area contributed by atoms with Crippen molar-refractivity contribution in [2.24, 2.45) is 0 Å². The van der Waals surface area contributed by atoms with Gasteiger partial charge in [-0.2, -0.15) is 5.10 Å². The van der Waals surface area contributed by atoms with Gasteiger partial charge in [0, 0.05) is 62.0 Å². The first-order valence-corrected chi connectivity index (χ1v) is 11.8. The van der Waals surface area contributed by atoms with Crippen molar-refractivity contribution < 1.29 is 13.9 Å². The van der Waals surface area contributed by atoms with Crippen molar-refractivity contribution in [1.29, 1.82) is 0 Å². The number of methoxy groups -OCH3 is 1. The summed E-state index contributed by atoms with van der Waals surface area (Å²) in [6.45, 7) is 7.64. The monoisotopic (exact) mass is 466 g/mol. The third-order valence-electron chi connectivity index (χ3n) is 6.87. The molecule has 5 heterocycles. The summed E-state index contributed by atoms with van der Waals surface area (Å²) in [4.78, 5) is 13.6. The van der Waals surface area contributed by atoms with Gasteiger partial charge in [-0.15, -0.1) is 0 Å². The molecule has 0 unspecified atom stereocenters. The van der Waals surface area contributed by atoms with Gasteiger partial charge >= 0.3 is 0 Å². The molecular weight excluding hydrogens is 435 g/mol. The Morgan fingerprint density at radius 1 is 1.09 bits per heavy atom. The molecule has 0 amide bonds. The molecule has 0 N–H and O–H groups in total. The minimum absolute atomic E-state index is 0.0257. The molecule has 3 aromatic rings. The Morgan fingerprint density at radius 2 is 1.88 bits per heavy atom. The fourth-order valence-corrected chi connectivity index (χ4v) is 4.80. The maximum atomic E-state index is 14.5. The number of aromatic nitrogens is 4. The first-order chi connectivity index (χ1) is 16.5. The van der Waals surface area contributed by atoms with Crippen LogP contribution in [-0.4, -0.2) is 83.1 Å². The van der Waals surface area contributed by atoms with E-state index in [1.165, 1.54) is 13.2 Å². The molecule has 34 heavy (non-hydrogen) atoms. The molecule has 2 aliphatic heterocycles. The molecule has 9 heteroatoms. The van der Waals surface area contributed by atoms with Gasteiger partial charge in [-0.25, -0.2) is 14.1 Å². The van der Waals surface area contributed by atoms with Crippen LogP contribution in [0.1, 0.15) is 29.9 Å². The zero-order valence-electron chi connectivity index (χ0n) is 20.0. The van der Waals surface area contributed by atoms with Gasteiger partial charge in [-0.3, -0.25) is 9.88 Å². The van der Waals surface area contributed by atoms with Gasteiger partial charge in [0.05, 0.1) is 49.3 Å². The molecule has 2 aliphatic rings. The quantitative estimate of drug-likeness (QED) is 0.573. The number of fused-ring (bicyclic) bond motifs is 1. The van der Waals surface area contributed by atoms with Crippen LogP contribution in [0.15, 0.2) is 30.6 Å². The Morgan fingerprint density at radius 3 is 2.65 bits per heavy atom. The zero-order chi connectivity index (χ0) is 23.7. The molecule has 0 radical (unpaired) electrons. The first kappa shape index (κ1) is 22.9. The lowest BCUT2D eigenvalue weighted by Gasteiger charge is -2.36.